The minimum absolute atomic E-state index is 0.0599. The van der Waals surface area contributed by atoms with Crippen LogP contribution in [0, 0.1) is 0 Å². The number of rotatable bonds is 20. The van der Waals surface area contributed by atoms with Crippen molar-refractivity contribution < 1.29 is 33.8 Å². The maximum atomic E-state index is 12.9. The van der Waals surface area contributed by atoms with Gasteiger partial charge in [0.25, 0.3) is 11.8 Å². The summed E-state index contributed by atoms with van der Waals surface area (Å²) in [6.45, 7) is 5.56. The molecular formula is C41H46N2O7. The molecule has 2 amide bonds. The van der Waals surface area contributed by atoms with Crippen LogP contribution in [-0.2, 0) is 6.42 Å². The first-order valence-electron chi connectivity index (χ1n) is 17.3. The highest BCUT2D eigenvalue weighted by molar-refractivity contribution is 6.08. The van der Waals surface area contributed by atoms with Crippen LogP contribution in [0.3, 0.4) is 0 Å². The highest BCUT2D eigenvalue weighted by atomic mass is 16.5. The average Bonchev–Trinajstić information content (AvgIpc) is 3.13. The summed E-state index contributed by atoms with van der Waals surface area (Å²) < 4.78 is 11.5. The quantitative estimate of drug-likeness (QED) is 0.0627. The molecule has 0 aromatic heterocycles. The van der Waals surface area contributed by atoms with Gasteiger partial charge in [0.1, 0.15) is 11.5 Å². The van der Waals surface area contributed by atoms with Gasteiger partial charge in [-0.15, -0.1) is 0 Å². The molecule has 4 aromatic rings. The Hall–Kier alpha value is -5.44. The fraction of sp³-hybridized carbons (Fsp3) is 0.317. The average molecular weight is 679 g/mol. The summed E-state index contributed by atoms with van der Waals surface area (Å²) in [7, 11) is 0. The first-order valence-corrected chi connectivity index (χ1v) is 17.3. The van der Waals surface area contributed by atoms with Crippen molar-refractivity contribution in [3.05, 3.63) is 118 Å². The molecule has 50 heavy (non-hydrogen) atoms. The van der Waals surface area contributed by atoms with Gasteiger partial charge in [-0.05, 0) is 103 Å². The van der Waals surface area contributed by atoms with Crippen LogP contribution in [-0.4, -0.2) is 42.4 Å². The molecule has 3 N–H and O–H groups in total. The van der Waals surface area contributed by atoms with E-state index in [0.29, 0.717) is 59.8 Å². The number of anilines is 2. The molecule has 0 aliphatic heterocycles. The number of ether oxygens (including phenoxy) is 2. The third-order valence-corrected chi connectivity index (χ3v) is 8.23. The molecule has 9 nitrogen and oxygen atoms in total. The van der Waals surface area contributed by atoms with Crippen LogP contribution in [0.5, 0.6) is 11.5 Å². The van der Waals surface area contributed by atoms with Gasteiger partial charge < -0.3 is 25.2 Å². The molecule has 0 saturated heterocycles. The van der Waals surface area contributed by atoms with Crippen LogP contribution in [0.4, 0.5) is 11.4 Å². The Kier molecular flexibility index (Phi) is 14.6. The van der Waals surface area contributed by atoms with Crippen LogP contribution in [0.15, 0.2) is 84.9 Å². The minimum atomic E-state index is -1.19. The maximum Gasteiger partial charge on any atom is 0.337 e. The molecule has 0 bridgehead atoms. The lowest BCUT2D eigenvalue weighted by Gasteiger charge is -2.13. The second-order valence-electron chi connectivity index (χ2n) is 12.2. The normalized spacial score (nSPS) is 10.7. The lowest BCUT2D eigenvalue weighted by Crippen LogP contribution is -2.15. The molecule has 0 unspecified atom stereocenters. The second-order valence-corrected chi connectivity index (χ2v) is 12.2. The monoisotopic (exact) mass is 678 g/mol. The number of carbonyl (C=O) groups is 4. The van der Waals surface area contributed by atoms with E-state index < -0.39 is 11.9 Å². The van der Waals surface area contributed by atoms with E-state index in [2.05, 4.69) is 24.5 Å². The third-order valence-electron chi connectivity index (χ3n) is 8.23. The zero-order valence-electron chi connectivity index (χ0n) is 28.8. The predicted octanol–water partition coefficient (Wildman–Crippen LogP) is 9.21. The van der Waals surface area contributed by atoms with E-state index in [1.165, 1.54) is 18.9 Å². The van der Waals surface area contributed by atoms with Crippen molar-refractivity contribution in [2.45, 2.75) is 71.6 Å². The summed E-state index contributed by atoms with van der Waals surface area (Å²) >= 11 is 0. The number of hydrogen-bond acceptors (Lipinski definition) is 6. The summed E-state index contributed by atoms with van der Waals surface area (Å²) in [5.74, 6) is -0.620. The zero-order chi connectivity index (χ0) is 35.7. The van der Waals surface area contributed by atoms with Crippen molar-refractivity contribution in [2.24, 2.45) is 0 Å². The van der Waals surface area contributed by atoms with E-state index in [-0.39, 0.29) is 22.7 Å². The van der Waals surface area contributed by atoms with Crippen molar-refractivity contribution in [1.29, 1.82) is 0 Å². The Balaban J connectivity index is 1.36. The van der Waals surface area contributed by atoms with Gasteiger partial charge in [0.05, 0.1) is 30.2 Å². The van der Waals surface area contributed by atoms with Crippen LogP contribution in [0.2, 0.25) is 0 Å². The van der Waals surface area contributed by atoms with E-state index in [1.54, 1.807) is 78.9 Å². The second kappa shape index (κ2) is 19.5. The number of carboxylic acid groups (broad SMARTS) is 1. The Bertz CT molecular complexity index is 1730. The van der Waals surface area contributed by atoms with Crippen molar-refractivity contribution >= 4 is 35.4 Å². The van der Waals surface area contributed by atoms with E-state index in [0.717, 1.165) is 44.1 Å². The highest BCUT2D eigenvalue weighted by Crippen LogP contribution is 2.24. The molecule has 0 fully saturated rings. The third kappa shape index (κ3) is 11.3. The number of carboxylic acids is 1. The Morgan fingerprint density at radius 3 is 1.58 bits per heavy atom. The molecule has 0 heterocycles. The molecule has 0 spiro atoms. The first kappa shape index (κ1) is 37.4. The lowest BCUT2D eigenvalue weighted by molar-refractivity contribution is 0.0697. The molecular weight excluding hydrogens is 632 g/mol. The van der Waals surface area contributed by atoms with Gasteiger partial charge in [0.2, 0.25) is 0 Å². The van der Waals surface area contributed by atoms with Crippen LogP contribution in [0.25, 0.3) is 0 Å². The summed E-state index contributed by atoms with van der Waals surface area (Å²) in [5, 5.41) is 15.4. The topological polar surface area (TPSA) is 131 Å². The molecule has 0 aliphatic carbocycles. The number of nitrogens with one attached hydrogen (secondary N) is 2. The van der Waals surface area contributed by atoms with Crippen molar-refractivity contribution in [3.63, 3.8) is 0 Å². The van der Waals surface area contributed by atoms with E-state index in [4.69, 9.17) is 9.47 Å². The van der Waals surface area contributed by atoms with Gasteiger partial charge >= 0.3 is 5.97 Å². The van der Waals surface area contributed by atoms with Gasteiger partial charge in [0, 0.05) is 16.7 Å². The SMILES string of the molecule is CCCCCCOc1ccc(C(=O)Nc2ccc(Cc3ccc(NC(=O)c4ccc(OCCCCCC)cc4)c(C(=O)O)c3)cc2C=O)cc1. The molecule has 0 aliphatic rings. The number of aldehydes is 1. The molecule has 9 heteroatoms. The Morgan fingerprint density at radius 1 is 0.620 bits per heavy atom. The molecule has 0 radical (unpaired) electrons. The molecule has 262 valence electrons. The van der Waals surface area contributed by atoms with E-state index >= 15 is 0 Å². The van der Waals surface area contributed by atoms with Gasteiger partial charge in [-0.3, -0.25) is 14.4 Å². The minimum Gasteiger partial charge on any atom is -0.494 e. The van der Waals surface area contributed by atoms with Gasteiger partial charge in [-0.25, -0.2) is 4.79 Å². The highest BCUT2D eigenvalue weighted by Gasteiger charge is 2.16. The fourth-order valence-electron chi connectivity index (χ4n) is 5.39. The number of amides is 2. The number of hydrogen-bond donors (Lipinski definition) is 3. The van der Waals surface area contributed by atoms with Crippen LogP contribution < -0.4 is 20.1 Å². The fourth-order valence-corrected chi connectivity index (χ4v) is 5.39. The summed E-state index contributed by atoms with van der Waals surface area (Å²) in [6, 6.07) is 23.5. The zero-order valence-corrected chi connectivity index (χ0v) is 28.8. The molecule has 0 saturated carbocycles. The summed E-state index contributed by atoms with van der Waals surface area (Å²) in [5.41, 5.74) is 2.97. The van der Waals surface area contributed by atoms with Gasteiger partial charge in [-0.2, -0.15) is 0 Å². The summed E-state index contributed by atoms with van der Waals surface area (Å²) in [6.07, 6.45) is 9.84. The number of benzene rings is 4. The Morgan fingerprint density at radius 2 is 1.10 bits per heavy atom. The smallest absolute Gasteiger partial charge is 0.337 e. The first-order chi connectivity index (χ1) is 24.3. The maximum absolute atomic E-state index is 12.9. The standard InChI is InChI=1S/C41H46N2O7/c1-3-5-7-9-23-49-34-17-13-31(14-18-34)39(45)42-37-21-11-29(26-33(37)28-44)25-30-12-22-38(36(27-30)41(47)48)43-40(46)32-15-19-35(20-16-32)50-24-10-8-6-4-2/h11-22,26-28H,3-10,23-25H2,1-2H3,(H,42,45)(H,43,46)(H,47,48). The van der Waals surface area contributed by atoms with Gasteiger partial charge in [0.15, 0.2) is 6.29 Å². The van der Waals surface area contributed by atoms with Crippen molar-refractivity contribution in [3.8, 4) is 11.5 Å². The summed E-state index contributed by atoms with van der Waals surface area (Å²) in [4.78, 5) is 50.0. The largest absolute Gasteiger partial charge is 0.494 e. The van der Waals surface area contributed by atoms with Crippen LogP contribution in [0.1, 0.15) is 118 Å². The van der Waals surface area contributed by atoms with E-state index in [9.17, 15) is 24.3 Å². The molecule has 4 rings (SSSR count). The van der Waals surface area contributed by atoms with Crippen molar-refractivity contribution in [2.75, 3.05) is 23.8 Å². The molecule has 0 atom stereocenters. The van der Waals surface area contributed by atoms with E-state index in [1.807, 2.05) is 0 Å². The predicted molar refractivity (Wildman–Crippen MR) is 196 cm³/mol. The number of aromatic carboxylic acids is 1. The van der Waals surface area contributed by atoms with Crippen molar-refractivity contribution in [1.82, 2.24) is 0 Å². The Labute approximate surface area is 294 Å². The number of carbonyl (C=O) groups excluding carboxylic acids is 3. The lowest BCUT2D eigenvalue weighted by atomic mass is 9.99. The molecule has 4 aromatic carbocycles. The number of unbranched alkanes of at least 4 members (excludes halogenated alkanes) is 6. The van der Waals surface area contributed by atoms with Gasteiger partial charge in [-0.1, -0.05) is 64.5 Å². The van der Waals surface area contributed by atoms with Crippen LogP contribution >= 0.6 is 0 Å².